The Bertz CT molecular complexity index is 1930. The molecule has 0 bridgehead atoms. The normalized spacial score (nSPS) is 53.4. The average Bonchev–Trinajstić information content (AvgIpc) is 3.28. The van der Waals surface area contributed by atoms with Gasteiger partial charge in [0.15, 0.2) is 25.0 Å². The topological polar surface area (TPSA) is 318 Å². The van der Waals surface area contributed by atoms with E-state index >= 15 is 0 Å². The molecule has 7 fully saturated rings. The van der Waals surface area contributed by atoms with Gasteiger partial charge in [0.1, 0.15) is 72.7 Å². The number of aliphatic hydroxyl groups is 9. The Kier molecular flexibility index (Phi) is 14.1. The van der Waals surface area contributed by atoms with Gasteiger partial charge in [0.2, 0.25) is 0 Å². The zero-order valence-corrected chi connectivity index (χ0v) is 40.0. The van der Waals surface area contributed by atoms with Gasteiger partial charge < -0.3 is 89.0 Å². The van der Waals surface area contributed by atoms with Crippen molar-refractivity contribution in [1.29, 1.82) is 0 Å². The third-order valence-electron chi connectivity index (χ3n) is 19.1. The maximum absolute atomic E-state index is 13.9. The number of allylic oxidation sites excluding steroid dienone is 2. The summed E-state index contributed by atoms with van der Waals surface area (Å²) in [5.41, 5.74) is -2.59. The van der Waals surface area contributed by atoms with E-state index in [1.54, 1.807) is 6.92 Å². The van der Waals surface area contributed by atoms with Crippen molar-refractivity contribution in [3.8, 4) is 0 Å². The third-order valence-corrected chi connectivity index (χ3v) is 19.1. The summed E-state index contributed by atoms with van der Waals surface area (Å²) in [6.07, 6.45) is -19.7. The highest BCUT2D eigenvalue weighted by Crippen LogP contribution is 2.76. The lowest BCUT2D eigenvalue weighted by atomic mass is 9.33. The van der Waals surface area contributed by atoms with Crippen molar-refractivity contribution in [2.75, 3.05) is 20.3 Å². The van der Waals surface area contributed by atoms with Crippen LogP contribution in [0.4, 0.5) is 0 Å². The summed E-state index contributed by atoms with van der Waals surface area (Å²) in [5.74, 6) is -2.58. The minimum atomic E-state index is -2.13. The Balaban J connectivity index is 1.13. The number of aldehydes is 1. The summed E-state index contributed by atoms with van der Waals surface area (Å²) >= 11 is 0. The predicted molar refractivity (Wildman–Crippen MR) is 231 cm³/mol. The van der Waals surface area contributed by atoms with Gasteiger partial charge in [-0.15, -0.1) is 0 Å². The molecule has 8 rings (SSSR count). The van der Waals surface area contributed by atoms with E-state index in [-0.39, 0.29) is 41.0 Å². The lowest BCUT2D eigenvalue weighted by molar-refractivity contribution is -0.391. The summed E-state index contributed by atoms with van der Waals surface area (Å²) < 4.78 is 41.4. The van der Waals surface area contributed by atoms with Gasteiger partial charge in [-0.25, -0.2) is 4.79 Å². The lowest BCUT2D eigenvalue weighted by Gasteiger charge is -2.71. The standard InChI is InChI=1S/C48H74O20/c1-43(2)14-15-48(42(61)62-7)22(16-43)21-8-9-26-44(3)12-11-28(45(4,20-50)25(44)10-13-46(26,5)47(21,6)17-27(48)52)65-41-37(68-40-33(57)31(55)30(54)24(18-49)64-40)35(34(58)36(67-41)38(59)60)66-39-32(56)29(53)23(51)19-63-39/h8,20,22-37,39-41,49,51-58H,9-19H2,1-7H3,(H,59,60)/t22?,23-,24?,25?,26?,27-,28+,29+,30+,31?,32?,33+,34+,35+,36?,37?,39+,40+,41-,44?,45-,46-,47-,48-/m1/s1. The Morgan fingerprint density at radius 1 is 0.750 bits per heavy atom. The van der Waals surface area contributed by atoms with E-state index in [4.69, 9.17) is 33.2 Å². The molecule has 68 heavy (non-hydrogen) atoms. The second-order valence-corrected chi connectivity index (χ2v) is 23.0. The number of esters is 1. The zero-order chi connectivity index (χ0) is 49.8. The van der Waals surface area contributed by atoms with Crippen LogP contribution in [0.1, 0.15) is 99.3 Å². The molecule has 0 amide bonds. The van der Waals surface area contributed by atoms with Gasteiger partial charge in [0, 0.05) is 0 Å². The van der Waals surface area contributed by atoms with Crippen LogP contribution in [0, 0.1) is 50.2 Å². The number of carboxylic acid groups (broad SMARTS) is 1. The third kappa shape index (κ3) is 7.86. The van der Waals surface area contributed by atoms with Crippen molar-refractivity contribution in [1.82, 2.24) is 0 Å². The first-order chi connectivity index (χ1) is 31.8. The van der Waals surface area contributed by atoms with Crippen LogP contribution in [-0.2, 0) is 47.5 Å². The molecule has 10 N–H and O–H groups in total. The Morgan fingerprint density at radius 3 is 2.07 bits per heavy atom. The molecule has 3 heterocycles. The number of hydrogen-bond acceptors (Lipinski definition) is 19. The number of carboxylic acids is 1. The maximum atomic E-state index is 13.9. The van der Waals surface area contributed by atoms with Crippen LogP contribution in [0.25, 0.3) is 0 Å². The fourth-order valence-electron chi connectivity index (χ4n) is 15.0. The van der Waals surface area contributed by atoms with E-state index < -0.39 is 139 Å². The number of carbonyl (C=O) groups is 3. The van der Waals surface area contributed by atoms with Crippen LogP contribution in [-0.4, -0.2) is 188 Å². The molecule has 4 saturated carbocycles. The average molecular weight is 971 g/mol. The Labute approximate surface area is 395 Å². The molecule has 8 aliphatic rings. The number of methoxy groups -OCH3 is 1. The second kappa shape index (κ2) is 18.4. The number of aliphatic carboxylic acids is 1. The highest BCUT2D eigenvalue weighted by atomic mass is 16.8. The summed E-state index contributed by atoms with van der Waals surface area (Å²) in [6, 6.07) is 0. The number of carbonyl (C=O) groups excluding carboxylic acids is 2. The number of hydrogen-bond donors (Lipinski definition) is 10. The fraction of sp³-hybridized carbons (Fsp3) is 0.896. The molecule has 20 nitrogen and oxygen atoms in total. The van der Waals surface area contributed by atoms with Gasteiger partial charge in [-0.3, -0.25) is 4.79 Å². The van der Waals surface area contributed by atoms with Crippen molar-refractivity contribution < 1.29 is 98.6 Å². The molecule has 0 aromatic carbocycles. The van der Waals surface area contributed by atoms with Gasteiger partial charge in [0.05, 0.1) is 37.9 Å². The minimum Gasteiger partial charge on any atom is -0.479 e. The first-order valence-electron chi connectivity index (χ1n) is 24.2. The molecule has 20 heteroatoms. The highest BCUT2D eigenvalue weighted by molar-refractivity contribution is 5.79. The summed E-state index contributed by atoms with van der Waals surface area (Å²) in [5, 5.41) is 108. The van der Waals surface area contributed by atoms with Gasteiger partial charge in [-0.2, -0.15) is 0 Å². The van der Waals surface area contributed by atoms with Crippen LogP contribution < -0.4 is 0 Å². The van der Waals surface area contributed by atoms with Gasteiger partial charge in [-0.05, 0) is 97.2 Å². The van der Waals surface area contributed by atoms with Crippen LogP contribution in [0.5, 0.6) is 0 Å². The van der Waals surface area contributed by atoms with Crippen molar-refractivity contribution in [2.24, 2.45) is 50.2 Å². The smallest absolute Gasteiger partial charge is 0.335 e. The zero-order valence-electron chi connectivity index (χ0n) is 40.0. The number of fused-ring (bicyclic) bond motifs is 7. The summed E-state index contributed by atoms with van der Waals surface area (Å²) in [4.78, 5) is 40.4. The Morgan fingerprint density at radius 2 is 1.43 bits per heavy atom. The van der Waals surface area contributed by atoms with Crippen molar-refractivity contribution in [3.05, 3.63) is 11.6 Å². The van der Waals surface area contributed by atoms with E-state index in [1.165, 1.54) is 12.7 Å². The van der Waals surface area contributed by atoms with Crippen molar-refractivity contribution >= 4 is 18.2 Å². The second-order valence-electron chi connectivity index (χ2n) is 23.0. The SMILES string of the molecule is COC(=O)[C@]12CCC(C)(C)CC1C1=CCC3C4(C)CC[C@H](O[C@@H]5OC(C(=O)O)[C@@H](O)[C@H](O[C@@H]6OC[C@@H](O)[C@H](O)C6O)C5O[C@@H]5OC(CO)[C@H](O)C(O)[C@@H]5O)[C@](C)(C=O)C4CC[C@@]3(C)[C@]1(C)C[C@H]2O. The molecular formula is C48H74O20. The number of aliphatic hydroxyl groups excluding tert-OH is 9. The van der Waals surface area contributed by atoms with E-state index in [0.29, 0.717) is 38.5 Å². The molecule has 24 atom stereocenters. The molecular weight excluding hydrogens is 897 g/mol. The largest absolute Gasteiger partial charge is 0.479 e. The van der Waals surface area contributed by atoms with Crippen molar-refractivity contribution in [2.45, 2.75) is 198 Å². The highest BCUT2D eigenvalue weighted by Gasteiger charge is 2.72. The maximum Gasteiger partial charge on any atom is 0.335 e. The molecule has 0 aromatic rings. The van der Waals surface area contributed by atoms with Crippen LogP contribution in [0.2, 0.25) is 0 Å². The first kappa shape index (κ1) is 52.1. The monoisotopic (exact) mass is 970 g/mol. The van der Waals surface area contributed by atoms with Crippen molar-refractivity contribution in [3.63, 3.8) is 0 Å². The molecule has 0 spiro atoms. The van der Waals surface area contributed by atoms with E-state index in [0.717, 1.165) is 19.1 Å². The molecule has 5 aliphatic carbocycles. The number of rotatable bonds is 10. The van der Waals surface area contributed by atoms with Gasteiger partial charge in [-0.1, -0.05) is 53.2 Å². The van der Waals surface area contributed by atoms with Gasteiger partial charge in [0.25, 0.3) is 0 Å². The van der Waals surface area contributed by atoms with Crippen LogP contribution >= 0.6 is 0 Å². The summed E-state index contributed by atoms with van der Waals surface area (Å²) in [6.45, 7) is 11.6. The van der Waals surface area contributed by atoms with Crippen LogP contribution in [0.3, 0.4) is 0 Å². The Hall–Kier alpha value is -2.25. The summed E-state index contributed by atoms with van der Waals surface area (Å²) in [7, 11) is 1.39. The number of ether oxygens (including phenoxy) is 7. The van der Waals surface area contributed by atoms with E-state index in [2.05, 4.69) is 40.7 Å². The lowest BCUT2D eigenvalue weighted by Crippen LogP contribution is -2.69. The molecule has 386 valence electrons. The fourth-order valence-corrected chi connectivity index (χ4v) is 15.0. The molecule has 0 aromatic heterocycles. The molecule has 9 unspecified atom stereocenters. The van der Waals surface area contributed by atoms with E-state index in [1.807, 2.05) is 0 Å². The van der Waals surface area contributed by atoms with Crippen LogP contribution in [0.15, 0.2) is 11.6 Å². The molecule has 3 saturated heterocycles. The molecule has 0 radical (unpaired) electrons. The van der Waals surface area contributed by atoms with E-state index in [9.17, 15) is 65.4 Å². The minimum absolute atomic E-state index is 0.00506. The predicted octanol–water partition coefficient (Wildman–Crippen LogP) is -0.324. The molecule has 3 aliphatic heterocycles. The van der Waals surface area contributed by atoms with Gasteiger partial charge >= 0.3 is 11.9 Å². The quantitative estimate of drug-likeness (QED) is 0.0580. The first-order valence-corrected chi connectivity index (χ1v) is 24.2.